The van der Waals surface area contributed by atoms with Gasteiger partial charge in [0.15, 0.2) is 0 Å². The molecule has 0 aliphatic heterocycles. The summed E-state index contributed by atoms with van der Waals surface area (Å²) in [6, 6.07) is 14.0. The van der Waals surface area contributed by atoms with Gasteiger partial charge < -0.3 is 9.30 Å². The Labute approximate surface area is 131 Å². The second kappa shape index (κ2) is 6.05. The molecule has 0 saturated heterocycles. The fourth-order valence-electron chi connectivity index (χ4n) is 2.53. The highest BCUT2D eigenvalue weighted by atomic mass is 19.3. The largest absolute Gasteiger partial charge is 0.434 e. The maximum Gasteiger partial charge on any atom is 0.387 e. The number of nitrogens with zero attached hydrogens (tertiary/aromatic N) is 3. The lowest BCUT2D eigenvalue weighted by Crippen LogP contribution is -2.08. The minimum Gasteiger partial charge on any atom is -0.434 e. The Morgan fingerprint density at radius 1 is 1.26 bits per heavy atom. The summed E-state index contributed by atoms with van der Waals surface area (Å²) in [6.45, 7) is -0.704. The van der Waals surface area contributed by atoms with Gasteiger partial charge in [-0.1, -0.05) is 18.2 Å². The standard InChI is InChI=1S/C17H13F2N3O/c1-11-21-14-7-6-12(9-20)8-15(14)22(11)10-13-4-2-3-5-16(13)23-17(18)19/h2-8,17H,10H2,1H3. The Kier molecular flexibility index (Phi) is 3.94. The number of benzene rings is 2. The highest BCUT2D eigenvalue weighted by Gasteiger charge is 2.13. The van der Waals surface area contributed by atoms with Crippen LogP contribution in [0.15, 0.2) is 42.5 Å². The summed E-state index contributed by atoms with van der Waals surface area (Å²) in [5.74, 6) is 0.877. The Bertz CT molecular complexity index is 896. The van der Waals surface area contributed by atoms with Crippen LogP contribution in [-0.4, -0.2) is 16.2 Å². The van der Waals surface area contributed by atoms with Crippen LogP contribution in [0.1, 0.15) is 17.0 Å². The molecular formula is C17H13F2N3O. The Balaban J connectivity index is 2.05. The number of fused-ring (bicyclic) bond motifs is 1. The number of hydrogen-bond donors (Lipinski definition) is 0. The van der Waals surface area contributed by atoms with E-state index in [9.17, 15) is 8.78 Å². The normalized spacial score (nSPS) is 10.9. The highest BCUT2D eigenvalue weighted by molar-refractivity contribution is 5.78. The molecule has 0 fully saturated rings. The number of imidazole rings is 1. The van der Waals surface area contributed by atoms with Crippen molar-refractivity contribution in [2.24, 2.45) is 0 Å². The maximum absolute atomic E-state index is 12.5. The van der Waals surface area contributed by atoms with Gasteiger partial charge in [0.2, 0.25) is 0 Å². The molecule has 0 amide bonds. The summed E-state index contributed by atoms with van der Waals surface area (Å²) in [5, 5.41) is 9.04. The average molecular weight is 313 g/mol. The van der Waals surface area contributed by atoms with Crippen LogP contribution in [0.5, 0.6) is 5.75 Å². The molecule has 0 saturated carbocycles. The van der Waals surface area contributed by atoms with Crippen LogP contribution in [-0.2, 0) is 6.54 Å². The zero-order chi connectivity index (χ0) is 16.4. The minimum atomic E-state index is -2.87. The van der Waals surface area contributed by atoms with E-state index in [1.165, 1.54) is 6.07 Å². The van der Waals surface area contributed by atoms with Crippen LogP contribution in [0.3, 0.4) is 0 Å². The van der Waals surface area contributed by atoms with E-state index in [1.54, 1.807) is 36.4 Å². The van der Waals surface area contributed by atoms with Crippen molar-refractivity contribution in [3.63, 3.8) is 0 Å². The maximum atomic E-state index is 12.5. The Hall–Kier alpha value is -2.94. The molecule has 6 heteroatoms. The van der Waals surface area contributed by atoms with Crippen molar-refractivity contribution in [1.82, 2.24) is 9.55 Å². The number of rotatable bonds is 4. The van der Waals surface area contributed by atoms with Crippen LogP contribution in [0.2, 0.25) is 0 Å². The highest BCUT2D eigenvalue weighted by Crippen LogP contribution is 2.24. The van der Waals surface area contributed by atoms with Crippen LogP contribution >= 0.6 is 0 Å². The van der Waals surface area contributed by atoms with Gasteiger partial charge in [0.25, 0.3) is 0 Å². The van der Waals surface area contributed by atoms with Gasteiger partial charge in [-0.15, -0.1) is 0 Å². The smallest absolute Gasteiger partial charge is 0.387 e. The number of alkyl halides is 2. The van der Waals surface area contributed by atoms with Crippen molar-refractivity contribution < 1.29 is 13.5 Å². The SMILES string of the molecule is Cc1nc2ccc(C#N)cc2n1Cc1ccccc1OC(F)F. The number of ether oxygens (including phenoxy) is 1. The van der Waals surface area contributed by atoms with E-state index in [0.29, 0.717) is 17.7 Å². The van der Waals surface area contributed by atoms with Gasteiger partial charge in [-0.25, -0.2) is 4.98 Å². The molecule has 0 unspecified atom stereocenters. The van der Waals surface area contributed by atoms with Crippen molar-refractivity contribution in [3.05, 3.63) is 59.4 Å². The fraction of sp³-hybridized carbons (Fsp3) is 0.176. The second-order valence-corrected chi connectivity index (χ2v) is 5.05. The van der Waals surface area contributed by atoms with Crippen molar-refractivity contribution in [2.45, 2.75) is 20.1 Å². The van der Waals surface area contributed by atoms with E-state index in [0.717, 1.165) is 16.9 Å². The van der Waals surface area contributed by atoms with E-state index in [-0.39, 0.29) is 5.75 Å². The van der Waals surface area contributed by atoms with E-state index >= 15 is 0 Å². The van der Waals surface area contributed by atoms with Crippen molar-refractivity contribution in [1.29, 1.82) is 5.26 Å². The van der Waals surface area contributed by atoms with E-state index < -0.39 is 6.61 Å². The average Bonchev–Trinajstić information content (AvgIpc) is 2.84. The van der Waals surface area contributed by atoms with Crippen LogP contribution in [0.25, 0.3) is 11.0 Å². The molecule has 4 nitrogen and oxygen atoms in total. The third kappa shape index (κ3) is 2.99. The van der Waals surface area contributed by atoms with Crippen LogP contribution in [0.4, 0.5) is 8.78 Å². The molecule has 0 atom stereocenters. The summed E-state index contributed by atoms with van der Waals surface area (Å²) in [5.41, 5.74) is 2.69. The predicted octanol–water partition coefficient (Wildman–Crippen LogP) is 3.87. The van der Waals surface area contributed by atoms with Gasteiger partial charge in [0.1, 0.15) is 11.6 Å². The molecular weight excluding hydrogens is 300 g/mol. The number of halogens is 2. The molecule has 0 aliphatic rings. The molecule has 116 valence electrons. The van der Waals surface area contributed by atoms with Crippen LogP contribution < -0.4 is 4.74 Å². The van der Waals surface area contributed by atoms with E-state index in [1.807, 2.05) is 11.5 Å². The third-order valence-corrected chi connectivity index (χ3v) is 3.59. The molecule has 3 aromatic rings. The number of aromatic nitrogens is 2. The lowest BCUT2D eigenvalue weighted by Gasteiger charge is -2.12. The number of aryl methyl sites for hydroxylation is 1. The molecule has 0 aliphatic carbocycles. The molecule has 2 aromatic carbocycles. The van der Waals surface area contributed by atoms with Gasteiger partial charge in [-0.05, 0) is 31.2 Å². The lowest BCUT2D eigenvalue weighted by molar-refractivity contribution is -0.0504. The zero-order valence-corrected chi connectivity index (χ0v) is 12.3. The lowest BCUT2D eigenvalue weighted by atomic mass is 10.2. The summed E-state index contributed by atoms with van der Waals surface area (Å²) in [4.78, 5) is 4.44. The molecule has 0 spiro atoms. The molecule has 0 N–H and O–H groups in total. The van der Waals surface area contributed by atoms with Crippen molar-refractivity contribution >= 4 is 11.0 Å². The van der Waals surface area contributed by atoms with Crippen molar-refractivity contribution in [3.8, 4) is 11.8 Å². The minimum absolute atomic E-state index is 0.139. The molecule has 3 rings (SSSR count). The van der Waals surface area contributed by atoms with Crippen LogP contribution in [0, 0.1) is 18.3 Å². The van der Waals surface area contributed by atoms with Gasteiger partial charge in [0.05, 0.1) is 29.2 Å². The van der Waals surface area contributed by atoms with Gasteiger partial charge in [0, 0.05) is 5.56 Å². The van der Waals surface area contributed by atoms with Crippen molar-refractivity contribution in [2.75, 3.05) is 0 Å². The zero-order valence-electron chi connectivity index (χ0n) is 12.3. The number of hydrogen-bond acceptors (Lipinski definition) is 3. The first kappa shape index (κ1) is 15.0. The summed E-state index contributed by atoms with van der Waals surface area (Å²) < 4.78 is 31.5. The fourth-order valence-corrected chi connectivity index (χ4v) is 2.53. The first-order chi connectivity index (χ1) is 11.1. The Morgan fingerprint density at radius 2 is 2.04 bits per heavy atom. The summed E-state index contributed by atoms with van der Waals surface area (Å²) >= 11 is 0. The Morgan fingerprint density at radius 3 is 2.78 bits per heavy atom. The quantitative estimate of drug-likeness (QED) is 0.735. The molecule has 1 heterocycles. The van der Waals surface area contributed by atoms with Gasteiger partial charge in [-0.2, -0.15) is 14.0 Å². The first-order valence-corrected chi connectivity index (χ1v) is 6.98. The molecule has 1 aromatic heterocycles. The summed E-state index contributed by atoms with van der Waals surface area (Å²) in [7, 11) is 0. The number of nitriles is 1. The molecule has 0 radical (unpaired) electrons. The summed E-state index contributed by atoms with van der Waals surface area (Å²) in [6.07, 6.45) is 0. The van der Waals surface area contributed by atoms with E-state index in [2.05, 4.69) is 15.8 Å². The van der Waals surface area contributed by atoms with Gasteiger partial charge >= 0.3 is 6.61 Å². The molecule has 0 bridgehead atoms. The monoisotopic (exact) mass is 313 g/mol. The van der Waals surface area contributed by atoms with E-state index in [4.69, 9.17) is 5.26 Å². The first-order valence-electron chi connectivity index (χ1n) is 6.98. The number of para-hydroxylation sites is 1. The third-order valence-electron chi connectivity index (χ3n) is 3.59. The van der Waals surface area contributed by atoms with Gasteiger partial charge in [-0.3, -0.25) is 0 Å². The second-order valence-electron chi connectivity index (χ2n) is 5.05. The topological polar surface area (TPSA) is 50.8 Å². The molecule has 23 heavy (non-hydrogen) atoms. The predicted molar refractivity (Wildman–Crippen MR) is 81.4 cm³/mol.